The number of carbonyl (C=O) groups excluding carboxylic acids is 1. The molecule has 3 aromatic rings. The lowest BCUT2D eigenvalue weighted by molar-refractivity contribution is 0.103. The van der Waals surface area contributed by atoms with Gasteiger partial charge < -0.3 is 4.74 Å². The van der Waals surface area contributed by atoms with Crippen molar-refractivity contribution in [3.63, 3.8) is 0 Å². The number of halogens is 1. The number of fused-ring (bicyclic) bond motifs is 1. The third kappa shape index (κ3) is 2.23. The minimum atomic E-state index is -0.367. The van der Waals surface area contributed by atoms with Crippen LogP contribution >= 0.6 is 0 Å². The third-order valence-electron chi connectivity index (χ3n) is 3.19. The molecule has 0 aliphatic heterocycles. The number of methoxy groups -OCH3 is 1. The Morgan fingerprint density at radius 2 is 1.76 bits per heavy atom. The molecule has 0 fully saturated rings. The van der Waals surface area contributed by atoms with Crippen molar-refractivity contribution in [2.24, 2.45) is 0 Å². The standard InChI is InChI=1S/C16H11FN2O2/c1-21-16-14(18-8-9-19-16)15(20)12-6-7-13(17)11-5-3-2-4-10(11)12/h2-9H,1H3. The molecule has 5 heteroatoms. The number of benzene rings is 2. The maximum Gasteiger partial charge on any atom is 0.243 e. The smallest absolute Gasteiger partial charge is 0.243 e. The zero-order chi connectivity index (χ0) is 14.8. The van der Waals surface area contributed by atoms with Crippen LogP contribution in [0.1, 0.15) is 16.1 Å². The highest BCUT2D eigenvalue weighted by atomic mass is 19.1. The molecule has 4 nitrogen and oxygen atoms in total. The first-order valence-electron chi connectivity index (χ1n) is 6.29. The minimum absolute atomic E-state index is 0.108. The quantitative estimate of drug-likeness (QED) is 0.693. The van der Waals surface area contributed by atoms with Gasteiger partial charge in [-0.2, -0.15) is 0 Å². The second kappa shape index (κ2) is 5.28. The molecular formula is C16H11FN2O2. The highest BCUT2D eigenvalue weighted by Gasteiger charge is 2.19. The molecule has 0 atom stereocenters. The average Bonchev–Trinajstić information content (AvgIpc) is 2.55. The number of hydrogen-bond acceptors (Lipinski definition) is 4. The summed E-state index contributed by atoms with van der Waals surface area (Å²) in [5.74, 6) is -0.569. The van der Waals surface area contributed by atoms with Crippen LogP contribution < -0.4 is 4.74 Å². The average molecular weight is 282 g/mol. The summed E-state index contributed by atoms with van der Waals surface area (Å²) in [6.07, 6.45) is 2.86. The topological polar surface area (TPSA) is 52.1 Å². The SMILES string of the molecule is COc1nccnc1C(=O)c1ccc(F)c2ccccc12. The van der Waals surface area contributed by atoms with Crippen molar-refractivity contribution in [3.8, 4) is 5.88 Å². The molecule has 0 saturated heterocycles. The molecule has 0 spiro atoms. The summed E-state index contributed by atoms with van der Waals surface area (Å²) in [7, 11) is 1.42. The minimum Gasteiger partial charge on any atom is -0.479 e. The first-order valence-corrected chi connectivity index (χ1v) is 6.29. The van der Waals surface area contributed by atoms with Crippen LogP contribution in [0.2, 0.25) is 0 Å². The Kier molecular flexibility index (Phi) is 3.31. The van der Waals surface area contributed by atoms with Crippen LogP contribution in [0.25, 0.3) is 10.8 Å². The second-order valence-electron chi connectivity index (χ2n) is 4.38. The largest absolute Gasteiger partial charge is 0.479 e. The van der Waals surface area contributed by atoms with Gasteiger partial charge in [0.1, 0.15) is 5.82 Å². The summed E-state index contributed by atoms with van der Waals surface area (Å²) in [4.78, 5) is 20.6. The van der Waals surface area contributed by atoms with E-state index in [0.717, 1.165) is 0 Å². The predicted octanol–water partition coefficient (Wildman–Crippen LogP) is 3.01. The second-order valence-corrected chi connectivity index (χ2v) is 4.38. The summed E-state index contributed by atoms with van der Waals surface area (Å²) in [6.45, 7) is 0. The van der Waals surface area contributed by atoms with Gasteiger partial charge in [-0.1, -0.05) is 24.3 Å². The van der Waals surface area contributed by atoms with Gasteiger partial charge in [-0.15, -0.1) is 0 Å². The van der Waals surface area contributed by atoms with Crippen molar-refractivity contribution in [1.82, 2.24) is 9.97 Å². The number of ketones is 1. The van der Waals surface area contributed by atoms with Crippen molar-refractivity contribution in [2.75, 3.05) is 7.11 Å². The van der Waals surface area contributed by atoms with E-state index >= 15 is 0 Å². The van der Waals surface area contributed by atoms with Gasteiger partial charge in [-0.3, -0.25) is 4.79 Å². The Morgan fingerprint density at radius 1 is 1.05 bits per heavy atom. The Bertz CT molecular complexity index is 833. The van der Waals surface area contributed by atoms with E-state index < -0.39 is 0 Å². The van der Waals surface area contributed by atoms with Crippen LogP contribution in [-0.2, 0) is 0 Å². The Labute approximate surface area is 120 Å². The van der Waals surface area contributed by atoms with Gasteiger partial charge in [0.15, 0.2) is 5.69 Å². The van der Waals surface area contributed by atoms with E-state index in [4.69, 9.17) is 4.74 Å². The molecule has 0 amide bonds. The van der Waals surface area contributed by atoms with E-state index in [1.165, 1.54) is 31.6 Å². The maximum atomic E-state index is 13.8. The fourth-order valence-corrected chi connectivity index (χ4v) is 2.22. The molecule has 3 rings (SSSR count). The van der Waals surface area contributed by atoms with E-state index in [-0.39, 0.29) is 23.2 Å². The fraction of sp³-hybridized carbons (Fsp3) is 0.0625. The van der Waals surface area contributed by atoms with Gasteiger partial charge in [0.05, 0.1) is 7.11 Å². The van der Waals surface area contributed by atoms with Gasteiger partial charge in [0, 0.05) is 23.3 Å². The van der Waals surface area contributed by atoms with Crippen LogP contribution in [0.5, 0.6) is 5.88 Å². The van der Waals surface area contributed by atoms with E-state index in [2.05, 4.69) is 9.97 Å². The van der Waals surface area contributed by atoms with Gasteiger partial charge in [0.2, 0.25) is 11.7 Å². The van der Waals surface area contributed by atoms with Gasteiger partial charge in [-0.25, -0.2) is 14.4 Å². The molecule has 0 radical (unpaired) electrons. The van der Waals surface area contributed by atoms with E-state index in [1.807, 2.05) is 0 Å². The molecule has 104 valence electrons. The first-order chi connectivity index (χ1) is 10.2. The number of rotatable bonds is 3. The van der Waals surface area contributed by atoms with Crippen molar-refractivity contribution in [2.45, 2.75) is 0 Å². The molecule has 0 unspecified atom stereocenters. The van der Waals surface area contributed by atoms with Gasteiger partial charge in [0.25, 0.3) is 0 Å². The molecule has 0 N–H and O–H groups in total. The summed E-state index contributed by atoms with van der Waals surface area (Å²) in [6, 6.07) is 9.55. The number of aromatic nitrogens is 2. The summed E-state index contributed by atoms with van der Waals surface area (Å²) in [5.41, 5.74) is 0.475. The molecule has 1 heterocycles. The van der Waals surface area contributed by atoms with E-state index in [9.17, 15) is 9.18 Å². The Morgan fingerprint density at radius 3 is 2.52 bits per heavy atom. The maximum absolute atomic E-state index is 13.8. The molecule has 0 aliphatic carbocycles. The van der Waals surface area contributed by atoms with Crippen molar-refractivity contribution in [3.05, 3.63) is 65.9 Å². The lowest BCUT2D eigenvalue weighted by Crippen LogP contribution is -2.08. The molecule has 21 heavy (non-hydrogen) atoms. The number of hydrogen-bond donors (Lipinski definition) is 0. The van der Waals surface area contributed by atoms with Crippen LogP contribution in [0.4, 0.5) is 4.39 Å². The normalized spacial score (nSPS) is 10.6. The molecule has 2 aromatic carbocycles. The molecular weight excluding hydrogens is 271 g/mol. The summed E-state index contributed by atoms with van der Waals surface area (Å²) in [5, 5.41) is 0.932. The Hall–Kier alpha value is -2.82. The number of ether oxygens (including phenoxy) is 1. The molecule has 0 aliphatic rings. The highest BCUT2D eigenvalue weighted by molar-refractivity contribution is 6.16. The first kappa shape index (κ1) is 13.2. The summed E-state index contributed by atoms with van der Waals surface area (Å²) < 4.78 is 18.9. The predicted molar refractivity (Wildman–Crippen MR) is 75.9 cm³/mol. The van der Waals surface area contributed by atoms with Gasteiger partial charge in [-0.05, 0) is 17.5 Å². The van der Waals surface area contributed by atoms with Gasteiger partial charge >= 0.3 is 0 Å². The summed E-state index contributed by atoms with van der Waals surface area (Å²) >= 11 is 0. The Balaban J connectivity index is 2.21. The van der Waals surface area contributed by atoms with E-state index in [1.54, 1.807) is 24.3 Å². The van der Waals surface area contributed by atoms with Crippen molar-refractivity contribution < 1.29 is 13.9 Å². The fourth-order valence-electron chi connectivity index (χ4n) is 2.22. The number of nitrogens with zero attached hydrogens (tertiary/aromatic N) is 2. The van der Waals surface area contributed by atoms with Crippen molar-refractivity contribution >= 4 is 16.6 Å². The van der Waals surface area contributed by atoms with Crippen LogP contribution in [-0.4, -0.2) is 22.9 Å². The van der Waals surface area contributed by atoms with Crippen LogP contribution in [0.3, 0.4) is 0 Å². The third-order valence-corrected chi connectivity index (χ3v) is 3.19. The van der Waals surface area contributed by atoms with E-state index in [0.29, 0.717) is 16.3 Å². The molecule has 1 aromatic heterocycles. The van der Waals surface area contributed by atoms with Crippen LogP contribution in [0, 0.1) is 5.82 Å². The monoisotopic (exact) mass is 282 g/mol. The zero-order valence-electron chi connectivity index (χ0n) is 11.2. The lowest BCUT2D eigenvalue weighted by Gasteiger charge is -2.08. The van der Waals surface area contributed by atoms with Crippen molar-refractivity contribution in [1.29, 1.82) is 0 Å². The zero-order valence-corrected chi connectivity index (χ0v) is 11.2. The highest BCUT2D eigenvalue weighted by Crippen LogP contribution is 2.25. The molecule has 0 bridgehead atoms. The number of carbonyl (C=O) groups is 1. The molecule has 0 saturated carbocycles. The lowest BCUT2D eigenvalue weighted by atomic mass is 9.99. The van der Waals surface area contributed by atoms with Crippen LogP contribution in [0.15, 0.2) is 48.8 Å².